The number of nitrogens with zero attached hydrogens (tertiary/aromatic N) is 1. The summed E-state index contributed by atoms with van der Waals surface area (Å²) in [6.07, 6.45) is 0.919. The first-order valence-electron chi connectivity index (χ1n) is 7.62. The van der Waals surface area contributed by atoms with E-state index in [2.05, 4.69) is 44.1 Å². The van der Waals surface area contributed by atoms with Crippen molar-refractivity contribution < 1.29 is 4.79 Å². The Morgan fingerprint density at radius 3 is 2.87 bits per heavy atom. The zero-order valence-corrected chi connectivity index (χ0v) is 16.0. The van der Waals surface area contributed by atoms with E-state index < -0.39 is 0 Å². The summed E-state index contributed by atoms with van der Waals surface area (Å²) in [6.45, 7) is 2.86. The number of nitrogens with one attached hydrogen (secondary N) is 1. The zero-order chi connectivity index (χ0) is 16.4. The minimum Gasteiger partial charge on any atom is -0.381 e. The molecule has 1 heterocycles. The van der Waals surface area contributed by atoms with Crippen LogP contribution in [0.3, 0.4) is 0 Å². The minimum atomic E-state index is 0.0445. The maximum atomic E-state index is 13.1. The van der Waals surface area contributed by atoms with E-state index in [0.29, 0.717) is 23.5 Å². The summed E-state index contributed by atoms with van der Waals surface area (Å²) in [6, 6.07) is 14.1. The Labute approximate surface area is 153 Å². The predicted octanol–water partition coefficient (Wildman–Crippen LogP) is 5.19. The van der Waals surface area contributed by atoms with Crippen LogP contribution in [0.1, 0.15) is 29.3 Å². The molecule has 2 aromatic carbocycles. The molecule has 0 saturated heterocycles. The lowest BCUT2D eigenvalue weighted by atomic mass is 10.1. The predicted molar refractivity (Wildman–Crippen MR) is 103 cm³/mol. The van der Waals surface area contributed by atoms with Crippen molar-refractivity contribution in [3.8, 4) is 0 Å². The van der Waals surface area contributed by atoms with Crippen LogP contribution in [-0.4, -0.2) is 18.5 Å². The Morgan fingerprint density at radius 2 is 2.09 bits per heavy atom. The van der Waals surface area contributed by atoms with Gasteiger partial charge in [0.1, 0.15) is 0 Å². The van der Waals surface area contributed by atoms with Crippen molar-refractivity contribution in [1.82, 2.24) is 0 Å². The number of benzene rings is 2. The summed E-state index contributed by atoms with van der Waals surface area (Å²) in [7, 11) is 0. The molecule has 0 radical (unpaired) electrons. The number of halogens is 2. The number of fused-ring (bicyclic) bond motifs is 1. The van der Waals surface area contributed by atoms with E-state index in [1.54, 1.807) is 0 Å². The second-order valence-corrected chi connectivity index (χ2v) is 7.16. The number of rotatable bonds is 2. The zero-order valence-electron chi connectivity index (χ0n) is 12.9. The van der Waals surface area contributed by atoms with Crippen LogP contribution in [0.15, 0.2) is 46.9 Å². The van der Waals surface area contributed by atoms with Gasteiger partial charge in [-0.3, -0.25) is 4.79 Å². The van der Waals surface area contributed by atoms with E-state index in [4.69, 9.17) is 0 Å². The molecule has 1 unspecified atom stereocenters. The van der Waals surface area contributed by atoms with E-state index in [9.17, 15) is 4.79 Å². The highest BCUT2D eigenvalue weighted by molar-refractivity contribution is 9.10. The summed E-state index contributed by atoms with van der Waals surface area (Å²) in [5, 5.41) is 4.19. The molecule has 0 spiro atoms. The van der Waals surface area contributed by atoms with Gasteiger partial charge in [-0.1, -0.05) is 44.0 Å². The quantitative estimate of drug-likeness (QED) is 0.655. The molecule has 120 valence electrons. The monoisotopic (exact) mass is 436 g/mol. The SMILES string of the molecule is CC1CCN(C(=O)c2ccc(Br)c(CBr)c2)c2ccccc2N1. The second kappa shape index (κ2) is 7.05. The fraction of sp³-hybridized carbons (Fsp3) is 0.278. The smallest absolute Gasteiger partial charge is 0.258 e. The lowest BCUT2D eigenvalue weighted by Gasteiger charge is -2.22. The molecule has 5 heteroatoms. The molecule has 1 atom stereocenters. The van der Waals surface area contributed by atoms with E-state index in [-0.39, 0.29) is 5.91 Å². The first-order valence-corrected chi connectivity index (χ1v) is 9.53. The van der Waals surface area contributed by atoms with Gasteiger partial charge in [-0.25, -0.2) is 0 Å². The van der Waals surface area contributed by atoms with Gasteiger partial charge in [-0.05, 0) is 49.2 Å². The van der Waals surface area contributed by atoms with Gasteiger partial charge in [0.25, 0.3) is 5.91 Å². The van der Waals surface area contributed by atoms with Gasteiger partial charge >= 0.3 is 0 Å². The molecule has 0 fully saturated rings. The Hall–Kier alpha value is -1.33. The average Bonchev–Trinajstić information content (AvgIpc) is 2.73. The molecule has 1 aliphatic rings. The minimum absolute atomic E-state index is 0.0445. The highest BCUT2D eigenvalue weighted by atomic mass is 79.9. The lowest BCUT2D eigenvalue weighted by molar-refractivity contribution is 0.0987. The number of amides is 1. The maximum absolute atomic E-state index is 13.1. The molecule has 0 aliphatic carbocycles. The molecule has 2 aromatic rings. The van der Waals surface area contributed by atoms with Crippen LogP contribution in [-0.2, 0) is 5.33 Å². The fourth-order valence-electron chi connectivity index (χ4n) is 2.79. The number of para-hydroxylation sites is 2. The van der Waals surface area contributed by atoms with Crippen LogP contribution in [0.25, 0.3) is 0 Å². The Morgan fingerprint density at radius 1 is 1.30 bits per heavy atom. The standard InChI is InChI=1S/C18H18Br2N2O/c1-12-8-9-22(17-5-3-2-4-16(17)21-12)18(23)13-6-7-15(20)14(10-13)11-19/h2-7,10,12,21H,8-9,11H2,1H3. The van der Waals surface area contributed by atoms with Crippen molar-refractivity contribution in [3.63, 3.8) is 0 Å². The van der Waals surface area contributed by atoms with Gasteiger partial charge in [-0.2, -0.15) is 0 Å². The molecule has 0 aromatic heterocycles. The maximum Gasteiger partial charge on any atom is 0.258 e. The number of hydrogen-bond acceptors (Lipinski definition) is 2. The van der Waals surface area contributed by atoms with Crippen molar-refractivity contribution in [2.24, 2.45) is 0 Å². The average molecular weight is 438 g/mol. The van der Waals surface area contributed by atoms with Crippen LogP contribution in [0, 0.1) is 0 Å². The van der Waals surface area contributed by atoms with E-state index in [1.165, 1.54) is 0 Å². The normalized spacial score (nSPS) is 17.2. The van der Waals surface area contributed by atoms with Gasteiger partial charge < -0.3 is 10.2 Å². The number of carbonyl (C=O) groups excluding carboxylic acids is 1. The van der Waals surface area contributed by atoms with Gasteiger partial charge in [0, 0.05) is 28.0 Å². The molecule has 0 bridgehead atoms. The number of alkyl halides is 1. The largest absolute Gasteiger partial charge is 0.381 e. The molecule has 23 heavy (non-hydrogen) atoms. The first-order chi connectivity index (χ1) is 11.1. The Bertz CT molecular complexity index is 733. The number of hydrogen-bond donors (Lipinski definition) is 1. The van der Waals surface area contributed by atoms with Crippen LogP contribution in [0.4, 0.5) is 11.4 Å². The van der Waals surface area contributed by atoms with Gasteiger partial charge in [0.2, 0.25) is 0 Å². The van der Waals surface area contributed by atoms with Gasteiger partial charge in [0.15, 0.2) is 0 Å². The molecule has 1 amide bonds. The lowest BCUT2D eigenvalue weighted by Crippen LogP contribution is -2.32. The number of anilines is 2. The third kappa shape index (κ3) is 3.45. The van der Waals surface area contributed by atoms with Crippen molar-refractivity contribution in [3.05, 3.63) is 58.1 Å². The molecule has 1 aliphatic heterocycles. The highest BCUT2D eigenvalue weighted by Gasteiger charge is 2.24. The third-order valence-corrected chi connectivity index (χ3v) is 5.44. The first kappa shape index (κ1) is 16.5. The molecular weight excluding hydrogens is 420 g/mol. The molecule has 0 saturated carbocycles. The van der Waals surface area contributed by atoms with Crippen molar-refractivity contribution in [2.45, 2.75) is 24.7 Å². The van der Waals surface area contributed by atoms with Gasteiger partial charge in [-0.15, -0.1) is 0 Å². The topological polar surface area (TPSA) is 32.3 Å². The number of carbonyl (C=O) groups is 1. The Balaban J connectivity index is 1.99. The third-order valence-electron chi connectivity index (χ3n) is 4.06. The summed E-state index contributed by atoms with van der Waals surface area (Å²) in [5.74, 6) is 0.0445. The van der Waals surface area contributed by atoms with E-state index in [0.717, 1.165) is 27.8 Å². The van der Waals surface area contributed by atoms with Crippen LogP contribution >= 0.6 is 31.9 Å². The summed E-state index contributed by atoms with van der Waals surface area (Å²) >= 11 is 6.99. The van der Waals surface area contributed by atoms with Crippen molar-refractivity contribution >= 4 is 49.1 Å². The van der Waals surface area contributed by atoms with Crippen LogP contribution in [0.2, 0.25) is 0 Å². The van der Waals surface area contributed by atoms with E-state index >= 15 is 0 Å². The summed E-state index contributed by atoms with van der Waals surface area (Å²) < 4.78 is 1.01. The molecule has 1 N–H and O–H groups in total. The van der Waals surface area contributed by atoms with E-state index in [1.807, 2.05) is 47.4 Å². The molecular formula is C18H18Br2N2O. The molecule has 3 nitrogen and oxygen atoms in total. The molecule has 3 rings (SSSR count). The Kier molecular flexibility index (Phi) is 5.07. The van der Waals surface area contributed by atoms with Crippen LogP contribution in [0.5, 0.6) is 0 Å². The van der Waals surface area contributed by atoms with Crippen LogP contribution < -0.4 is 10.2 Å². The second-order valence-electron chi connectivity index (χ2n) is 5.75. The van der Waals surface area contributed by atoms with Crippen molar-refractivity contribution in [2.75, 3.05) is 16.8 Å². The fourth-order valence-corrected chi connectivity index (χ4v) is 4.02. The highest BCUT2D eigenvalue weighted by Crippen LogP contribution is 2.31. The van der Waals surface area contributed by atoms with Crippen molar-refractivity contribution in [1.29, 1.82) is 0 Å². The summed E-state index contributed by atoms with van der Waals surface area (Å²) in [4.78, 5) is 15.0. The summed E-state index contributed by atoms with van der Waals surface area (Å²) in [5.41, 5.74) is 3.76. The van der Waals surface area contributed by atoms with Gasteiger partial charge in [0.05, 0.1) is 11.4 Å².